The Kier molecular flexibility index (Phi) is 9.41. The number of hydrogen-bond donors (Lipinski definition) is 3. The van der Waals surface area contributed by atoms with Gasteiger partial charge >= 0.3 is 0 Å². The minimum atomic E-state index is -1.15. The van der Waals surface area contributed by atoms with Gasteiger partial charge in [0.05, 0.1) is 49.9 Å². The first-order valence-corrected chi connectivity index (χ1v) is 9.78. The summed E-state index contributed by atoms with van der Waals surface area (Å²) in [4.78, 5) is 0. The summed E-state index contributed by atoms with van der Waals surface area (Å²) in [7, 11) is -1.15. The highest BCUT2D eigenvalue weighted by molar-refractivity contribution is 7.75. The summed E-state index contributed by atoms with van der Waals surface area (Å²) in [6, 6.07) is 0. The first-order valence-electron chi connectivity index (χ1n) is 7.25. The van der Waals surface area contributed by atoms with Gasteiger partial charge in [0.25, 0.3) is 0 Å². The van der Waals surface area contributed by atoms with E-state index in [9.17, 15) is 15.3 Å². The fourth-order valence-electron chi connectivity index (χ4n) is 3.01. The zero-order valence-electron chi connectivity index (χ0n) is 12.4. The van der Waals surface area contributed by atoms with Crippen molar-refractivity contribution in [3.63, 3.8) is 0 Å². The van der Waals surface area contributed by atoms with Crippen LogP contribution in [0.4, 0.5) is 0 Å². The molecule has 0 saturated carbocycles. The van der Waals surface area contributed by atoms with Gasteiger partial charge in [-0.3, -0.25) is 0 Å². The van der Waals surface area contributed by atoms with Crippen molar-refractivity contribution < 1.29 is 15.3 Å². The summed E-state index contributed by atoms with van der Waals surface area (Å²) in [5.41, 5.74) is -0.673. The van der Waals surface area contributed by atoms with E-state index in [2.05, 4.69) is 20.8 Å². The largest absolute Gasteiger partial charge is 0.395 e. The number of rotatable bonds is 11. The molecule has 0 radical (unpaired) electrons. The molecule has 3 nitrogen and oxygen atoms in total. The van der Waals surface area contributed by atoms with Crippen LogP contribution in [0.2, 0.25) is 0 Å². The van der Waals surface area contributed by atoms with E-state index in [4.69, 9.17) is 0 Å². The molecule has 0 atom stereocenters. The Hall–Kier alpha value is 0.310. The lowest BCUT2D eigenvalue weighted by Gasteiger charge is -2.36. The van der Waals surface area contributed by atoms with Crippen LogP contribution in [0.3, 0.4) is 0 Å². The average Bonchev–Trinajstić information content (AvgIpc) is 2.37. The van der Waals surface area contributed by atoms with Crippen LogP contribution in [0.1, 0.15) is 40.0 Å². The Morgan fingerprint density at radius 3 is 1.28 bits per heavy atom. The second kappa shape index (κ2) is 9.25. The van der Waals surface area contributed by atoms with Gasteiger partial charge in [-0.2, -0.15) is 0 Å². The zero-order valence-corrected chi connectivity index (χ0v) is 13.3. The van der Waals surface area contributed by atoms with Crippen LogP contribution in [-0.2, 0) is 0 Å². The summed E-state index contributed by atoms with van der Waals surface area (Å²) in [6.07, 6.45) is 7.97. The molecule has 0 bridgehead atoms. The van der Waals surface area contributed by atoms with Crippen LogP contribution in [0.15, 0.2) is 0 Å². The maximum absolute atomic E-state index is 9.54. The first kappa shape index (κ1) is 18.3. The Morgan fingerprint density at radius 1 is 0.722 bits per heavy atom. The van der Waals surface area contributed by atoms with Gasteiger partial charge in [-0.1, -0.05) is 20.8 Å². The number of aliphatic hydroxyl groups excluding tert-OH is 3. The van der Waals surface area contributed by atoms with Gasteiger partial charge in [0.1, 0.15) is 0 Å². The molecule has 0 amide bonds. The average molecular weight is 279 g/mol. The van der Waals surface area contributed by atoms with Crippen LogP contribution in [0.25, 0.3) is 0 Å². The minimum Gasteiger partial charge on any atom is -0.395 e. The van der Waals surface area contributed by atoms with Crippen molar-refractivity contribution in [2.24, 2.45) is 5.41 Å². The van der Waals surface area contributed by atoms with Crippen molar-refractivity contribution in [1.82, 2.24) is 0 Å². The molecule has 0 unspecified atom stereocenters. The highest BCUT2D eigenvalue weighted by Crippen LogP contribution is 2.62. The summed E-state index contributed by atoms with van der Waals surface area (Å²) in [5.74, 6) is 0. The van der Waals surface area contributed by atoms with E-state index >= 15 is 0 Å². The molecule has 3 N–H and O–H groups in total. The van der Waals surface area contributed by atoms with Crippen LogP contribution in [-0.4, -0.2) is 59.8 Å². The van der Waals surface area contributed by atoms with Gasteiger partial charge in [0.15, 0.2) is 0 Å². The fourth-order valence-corrected chi connectivity index (χ4v) is 8.72. The number of aliphatic hydroxyl groups is 3. The van der Waals surface area contributed by atoms with Gasteiger partial charge in [-0.05, 0) is 19.3 Å². The Balaban J connectivity index is 5.02. The predicted molar refractivity (Wildman–Crippen MR) is 81.0 cm³/mol. The lowest BCUT2D eigenvalue weighted by molar-refractivity contribution is 0.0225. The molecule has 0 aliphatic carbocycles. The highest BCUT2D eigenvalue weighted by atomic mass is 31.2. The van der Waals surface area contributed by atoms with E-state index in [1.807, 2.05) is 0 Å². The van der Waals surface area contributed by atoms with Crippen molar-refractivity contribution >= 4 is 7.26 Å². The van der Waals surface area contributed by atoms with Crippen molar-refractivity contribution in [2.75, 3.05) is 44.5 Å². The van der Waals surface area contributed by atoms with E-state index in [0.29, 0.717) is 0 Å². The van der Waals surface area contributed by atoms with E-state index < -0.39 is 12.7 Å². The Labute approximate surface area is 113 Å². The molecule has 0 rings (SSSR count). The molecule has 0 saturated heterocycles. The quantitative estimate of drug-likeness (QED) is 0.508. The van der Waals surface area contributed by atoms with Crippen molar-refractivity contribution in [2.45, 2.75) is 40.0 Å². The molecular weight excluding hydrogens is 247 g/mol. The Morgan fingerprint density at radius 2 is 1.06 bits per heavy atom. The lowest BCUT2D eigenvalue weighted by atomic mass is 9.94. The van der Waals surface area contributed by atoms with Gasteiger partial charge in [0, 0.05) is 7.26 Å². The smallest absolute Gasteiger partial charge is 0.0730 e. The third-order valence-electron chi connectivity index (χ3n) is 3.77. The SMILES string of the molecule is CCC[P+](CCC)(CCC)CC(CO)(CO)CO. The van der Waals surface area contributed by atoms with Crippen molar-refractivity contribution in [3.05, 3.63) is 0 Å². The molecule has 18 heavy (non-hydrogen) atoms. The maximum Gasteiger partial charge on any atom is 0.0730 e. The second-order valence-electron chi connectivity index (χ2n) is 5.64. The molecule has 0 fully saturated rings. The molecule has 0 spiro atoms. The van der Waals surface area contributed by atoms with Crippen molar-refractivity contribution in [3.8, 4) is 0 Å². The van der Waals surface area contributed by atoms with E-state index in [0.717, 1.165) is 25.4 Å². The lowest BCUT2D eigenvalue weighted by Crippen LogP contribution is -2.40. The molecule has 110 valence electrons. The van der Waals surface area contributed by atoms with Crippen LogP contribution >= 0.6 is 7.26 Å². The van der Waals surface area contributed by atoms with Gasteiger partial charge in [0.2, 0.25) is 0 Å². The topological polar surface area (TPSA) is 60.7 Å². The zero-order chi connectivity index (χ0) is 14.1. The number of hydrogen-bond acceptors (Lipinski definition) is 3. The molecule has 0 heterocycles. The standard InChI is InChI=1S/C14H32O3P/c1-4-7-18(8-5-2,9-6-3)13-14(10-15,11-16)12-17/h15-17H,4-13H2,1-3H3/q+1. The Bertz CT molecular complexity index is 180. The monoisotopic (exact) mass is 279 g/mol. The van der Waals surface area contributed by atoms with Gasteiger partial charge < -0.3 is 15.3 Å². The molecule has 4 heteroatoms. The molecule has 0 aliphatic rings. The molecule has 0 aromatic carbocycles. The summed E-state index contributed by atoms with van der Waals surface area (Å²) in [6.45, 7) is 6.28. The van der Waals surface area contributed by atoms with E-state index in [-0.39, 0.29) is 19.8 Å². The second-order valence-corrected chi connectivity index (χ2v) is 9.99. The van der Waals surface area contributed by atoms with E-state index in [1.165, 1.54) is 18.5 Å². The molecule has 0 aromatic heterocycles. The summed E-state index contributed by atoms with van der Waals surface area (Å²) < 4.78 is 0. The summed E-state index contributed by atoms with van der Waals surface area (Å²) in [5, 5.41) is 28.6. The normalized spacial score (nSPS) is 13.0. The van der Waals surface area contributed by atoms with E-state index in [1.54, 1.807) is 0 Å². The third kappa shape index (κ3) is 5.13. The first-order chi connectivity index (χ1) is 8.57. The van der Waals surface area contributed by atoms with Gasteiger partial charge in [-0.25, -0.2) is 0 Å². The summed E-state index contributed by atoms with van der Waals surface area (Å²) >= 11 is 0. The minimum absolute atomic E-state index is 0.112. The highest BCUT2D eigenvalue weighted by Gasteiger charge is 2.44. The van der Waals surface area contributed by atoms with Crippen LogP contribution < -0.4 is 0 Å². The molecular formula is C14H32O3P+. The van der Waals surface area contributed by atoms with Crippen LogP contribution in [0, 0.1) is 5.41 Å². The van der Waals surface area contributed by atoms with Crippen molar-refractivity contribution in [1.29, 1.82) is 0 Å². The molecule has 0 aromatic rings. The molecule has 0 aliphatic heterocycles. The maximum atomic E-state index is 9.54. The van der Waals surface area contributed by atoms with Gasteiger partial charge in [-0.15, -0.1) is 0 Å². The van der Waals surface area contributed by atoms with Crippen LogP contribution in [0.5, 0.6) is 0 Å². The third-order valence-corrected chi connectivity index (χ3v) is 9.30. The fraction of sp³-hybridized carbons (Fsp3) is 1.00. The predicted octanol–water partition coefficient (Wildman–Crippen LogP) is 2.20.